The van der Waals surface area contributed by atoms with Crippen molar-refractivity contribution in [2.75, 3.05) is 32.7 Å². The molecular formula is C13H18N3O2. The first kappa shape index (κ1) is 13.0. The van der Waals surface area contributed by atoms with Crippen LogP contribution in [0.25, 0.3) is 0 Å². The highest BCUT2D eigenvalue weighted by Crippen LogP contribution is 1.99. The molecule has 97 valence electrons. The van der Waals surface area contributed by atoms with Gasteiger partial charge in [0, 0.05) is 26.2 Å². The summed E-state index contributed by atoms with van der Waals surface area (Å²) in [6, 6.07) is 9.75. The van der Waals surface area contributed by atoms with E-state index in [1.807, 2.05) is 30.3 Å². The van der Waals surface area contributed by atoms with Crippen molar-refractivity contribution in [2.24, 2.45) is 0 Å². The maximum absolute atomic E-state index is 11.6. The molecule has 1 fully saturated rings. The third-order valence-electron chi connectivity index (χ3n) is 2.78. The number of amides is 1. The van der Waals surface area contributed by atoms with Crippen LogP contribution in [-0.4, -0.2) is 43.5 Å². The number of piperazine rings is 1. The van der Waals surface area contributed by atoms with Gasteiger partial charge in [-0.3, -0.25) is 14.5 Å². The molecule has 1 aromatic rings. The third kappa shape index (κ3) is 4.44. The zero-order chi connectivity index (χ0) is 12.6. The van der Waals surface area contributed by atoms with Crippen LogP contribution in [0.3, 0.4) is 0 Å². The van der Waals surface area contributed by atoms with Crippen molar-refractivity contribution in [3.05, 3.63) is 35.9 Å². The molecule has 1 saturated heterocycles. The number of hydrogen-bond donors (Lipinski definition) is 1. The molecule has 0 aromatic heterocycles. The Bertz CT molecular complexity index is 364. The van der Waals surface area contributed by atoms with E-state index in [2.05, 4.69) is 15.7 Å². The van der Waals surface area contributed by atoms with Gasteiger partial charge in [-0.1, -0.05) is 30.3 Å². The second-order valence-electron chi connectivity index (χ2n) is 4.25. The highest BCUT2D eigenvalue weighted by molar-refractivity contribution is 5.76. The standard InChI is InChI=1S/C13H18N3O2/c17-13(10-16-8-6-14-7-9-16)15-18-11-12-4-2-1-3-5-12/h1-5H,6-11H2,(H,15,17). The van der Waals surface area contributed by atoms with Crippen LogP contribution in [0.1, 0.15) is 5.56 Å². The average molecular weight is 248 g/mol. The van der Waals surface area contributed by atoms with Gasteiger partial charge < -0.3 is 0 Å². The van der Waals surface area contributed by atoms with Crippen LogP contribution >= 0.6 is 0 Å². The minimum atomic E-state index is -0.104. The minimum Gasteiger partial charge on any atom is -0.292 e. The molecule has 2 rings (SSSR count). The van der Waals surface area contributed by atoms with Crippen LogP contribution in [0.5, 0.6) is 0 Å². The van der Waals surface area contributed by atoms with E-state index in [0.717, 1.165) is 31.7 Å². The maximum Gasteiger partial charge on any atom is 0.257 e. The predicted octanol–water partition coefficient (Wildman–Crippen LogP) is 0.154. The molecule has 5 heteroatoms. The molecular weight excluding hydrogens is 230 g/mol. The molecule has 0 bridgehead atoms. The number of carbonyl (C=O) groups is 1. The number of benzene rings is 1. The monoisotopic (exact) mass is 248 g/mol. The summed E-state index contributed by atoms with van der Waals surface area (Å²) in [6.45, 7) is 4.11. The van der Waals surface area contributed by atoms with Crippen LogP contribution in [0.4, 0.5) is 0 Å². The number of rotatable bonds is 5. The van der Waals surface area contributed by atoms with Crippen molar-refractivity contribution in [1.29, 1.82) is 0 Å². The molecule has 0 atom stereocenters. The highest BCUT2D eigenvalue weighted by Gasteiger charge is 2.13. The van der Waals surface area contributed by atoms with E-state index < -0.39 is 0 Å². The topological polar surface area (TPSA) is 55.7 Å². The highest BCUT2D eigenvalue weighted by atomic mass is 16.6. The number of carbonyl (C=O) groups excluding carboxylic acids is 1. The molecule has 1 N–H and O–H groups in total. The Balaban J connectivity index is 1.62. The molecule has 0 spiro atoms. The summed E-state index contributed by atoms with van der Waals surface area (Å²) in [6.07, 6.45) is 0. The van der Waals surface area contributed by atoms with Gasteiger partial charge in [0.15, 0.2) is 0 Å². The van der Waals surface area contributed by atoms with Crippen molar-refractivity contribution >= 4 is 5.91 Å². The average Bonchev–Trinajstić information content (AvgIpc) is 2.41. The largest absolute Gasteiger partial charge is 0.292 e. The zero-order valence-electron chi connectivity index (χ0n) is 10.3. The Labute approximate surface area is 107 Å². The lowest BCUT2D eigenvalue weighted by molar-refractivity contribution is -0.135. The number of hydroxylamine groups is 1. The van der Waals surface area contributed by atoms with E-state index in [1.54, 1.807) is 0 Å². The molecule has 18 heavy (non-hydrogen) atoms. The first-order valence-electron chi connectivity index (χ1n) is 6.15. The van der Waals surface area contributed by atoms with E-state index in [-0.39, 0.29) is 5.91 Å². The fraction of sp³-hybridized carbons (Fsp3) is 0.462. The second-order valence-corrected chi connectivity index (χ2v) is 4.25. The van der Waals surface area contributed by atoms with Crippen molar-refractivity contribution < 1.29 is 9.63 Å². The van der Waals surface area contributed by atoms with Crippen LogP contribution in [0.2, 0.25) is 0 Å². The summed E-state index contributed by atoms with van der Waals surface area (Å²) in [4.78, 5) is 18.8. The molecule has 1 heterocycles. The number of nitrogens with zero attached hydrogens (tertiary/aromatic N) is 2. The first-order chi connectivity index (χ1) is 8.84. The summed E-state index contributed by atoms with van der Waals surface area (Å²) in [7, 11) is 0. The molecule has 1 aliphatic heterocycles. The molecule has 1 aromatic carbocycles. The molecule has 1 radical (unpaired) electrons. The lowest BCUT2D eigenvalue weighted by atomic mass is 10.2. The predicted molar refractivity (Wildman–Crippen MR) is 67.7 cm³/mol. The van der Waals surface area contributed by atoms with E-state index in [4.69, 9.17) is 4.84 Å². The van der Waals surface area contributed by atoms with Gasteiger partial charge in [-0.2, -0.15) is 0 Å². The van der Waals surface area contributed by atoms with E-state index in [0.29, 0.717) is 13.2 Å². The normalized spacial score (nSPS) is 16.4. The van der Waals surface area contributed by atoms with Gasteiger partial charge in [0.1, 0.15) is 0 Å². The second kappa shape index (κ2) is 7.10. The lowest BCUT2D eigenvalue weighted by Crippen LogP contribution is -2.45. The quantitative estimate of drug-likeness (QED) is 0.755. The van der Waals surface area contributed by atoms with Crippen LogP contribution in [-0.2, 0) is 16.2 Å². The number of nitrogens with one attached hydrogen (secondary N) is 1. The smallest absolute Gasteiger partial charge is 0.257 e. The van der Waals surface area contributed by atoms with Gasteiger partial charge in [0.25, 0.3) is 5.91 Å². The number of hydrogen-bond acceptors (Lipinski definition) is 3. The first-order valence-corrected chi connectivity index (χ1v) is 6.15. The summed E-state index contributed by atoms with van der Waals surface area (Å²) in [5, 5.41) is 4.23. The summed E-state index contributed by atoms with van der Waals surface area (Å²) in [5.41, 5.74) is 3.50. The van der Waals surface area contributed by atoms with Gasteiger partial charge in [-0.25, -0.2) is 10.8 Å². The minimum absolute atomic E-state index is 0.104. The molecule has 0 saturated carbocycles. The summed E-state index contributed by atoms with van der Waals surface area (Å²) in [5.74, 6) is -0.104. The van der Waals surface area contributed by atoms with Gasteiger partial charge in [0.2, 0.25) is 0 Å². The molecule has 1 amide bonds. The van der Waals surface area contributed by atoms with Crippen LogP contribution in [0, 0.1) is 0 Å². The lowest BCUT2D eigenvalue weighted by Gasteiger charge is -2.25. The van der Waals surface area contributed by atoms with Crippen molar-refractivity contribution in [1.82, 2.24) is 15.7 Å². The fourth-order valence-electron chi connectivity index (χ4n) is 1.82. The Morgan fingerprint density at radius 2 is 2.00 bits per heavy atom. The van der Waals surface area contributed by atoms with Gasteiger partial charge in [0.05, 0.1) is 13.2 Å². The van der Waals surface area contributed by atoms with Crippen LogP contribution in [0.15, 0.2) is 30.3 Å². The molecule has 0 unspecified atom stereocenters. The Morgan fingerprint density at radius 1 is 1.28 bits per heavy atom. The van der Waals surface area contributed by atoms with Crippen molar-refractivity contribution in [2.45, 2.75) is 6.61 Å². The Kier molecular flexibility index (Phi) is 5.14. The fourth-order valence-corrected chi connectivity index (χ4v) is 1.82. The van der Waals surface area contributed by atoms with Gasteiger partial charge >= 0.3 is 0 Å². The third-order valence-corrected chi connectivity index (χ3v) is 2.78. The molecule has 0 aliphatic carbocycles. The van der Waals surface area contributed by atoms with E-state index >= 15 is 0 Å². The summed E-state index contributed by atoms with van der Waals surface area (Å²) >= 11 is 0. The van der Waals surface area contributed by atoms with Gasteiger partial charge in [-0.05, 0) is 5.56 Å². The Hall–Kier alpha value is -1.43. The molecule has 5 nitrogen and oxygen atoms in total. The van der Waals surface area contributed by atoms with Crippen molar-refractivity contribution in [3.8, 4) is 0 Å². The Morgan fingerprint density at radius 3 is 2.72 bits per heavy atom. The molecule has 1 aliphatic rings. The van der Waals surface area contributed by atoms with Gasteiger partial charge in [-0.15, -0.1) is 0 Å². The summed E-state index contributed by atoms with van der Waals surface area (Å²) < 4.78 is 0. The van der Waals surface area contributed by atoms with Crippen molar-refractivity contribution in [3.63, 3.8) is 0 Å². The SMILES string of the molecule is O=C(CN1CC[N]CC1)NOCc1ccccc1. The maximum atomic E-state index is 11.6. The van der Waals surface area contributed by atoms with E-state index in [9.17, 15) is 4.79 Å². The zero-order valence-corrected chi connectivity index (χ0v) is 10.3. The van der Waals surface area contributed by atoms with Crippen LogP contribution < -0.4 is 10.8 Å². The van der Waals surface area contributed by atoms with E-state index in [1.165, 1.54) is 0 Å².